The molecule has 4 aliphatic rings. The molecule has 1 saturated heterocycles. The lowest BCUT2D eigenvalue weighted by atomic mass is 9.77. The summed E-state index contributed by atoms with van der Waals surface area (Å²) >= 11 is 0. The minimum absolute atomic E-state index is 0.0460. The van der Waals surface area contributed by atoms with Gasteiger partial charge in [-0.2, -0.15) is 0 Å². The Labute approximate surface area is 287 Å². The number of nitrogens with one attached hydrogen (secondary N) is 2. The summed E-state index contributed by atoms with van der Waals surface area (Å²) in [6.45, 7) is 8.23. The van der Waals surface area contributed by atoms with Gasteiger partial charge in [-0.25, -0.2) is 9.78 Å². The molecule has 49 heavy (non-hydrogen) atoms. The van der Waals surface area contributed by atoms with Crippen LogP contribution in [0.5, 0.6) is 0 Å². The first-order valence-corrected chi connectivity index (χ1v) is 17.4. The number of rotatable bonds is 5. The number of pyridine rings is 1. The van der Waals surface area contributed by atoms with Gasteiger partial charge in [0, 0.05) is 36.0 Å². The molecule has 2 unspecified atom stereocenters. The minimum Gasteiger partial charge on any atom is -0.444 e. The van der Waals surface area contributed by atoms with Gasteiger partial charge < -0.3 is 25.2 Å². The maximum absolute atomic E-state index is 14.6. The molecule has 7 rings (SSSR count). The molecule has 10 heteroatoms. The van der Waals surface area contributed by atoms with Crippen molar-refractivity contribution in [3.8, 4) is 0 Å². The normalized spacial score (nSPS) is 22.1. The number of anilines is 2. The number of piperidine rings is 1. The van der Waals surface area contributed by atoms with Crippen LogP contribution in [-0.2, 0) is 43.8 Å². The predicted octanol–water partition coefficient (Wildman–Crippen LogP) is 5.95. The second-order valence-electron chi connectivity index (χ2n) is 15.4. The van der Waals surface area contributed by atoms with Gasteiger partial charge in [0.25, 0.3) is 0 Å². The highest BCUT2D eigenvalue weighted by Gasteiger charge is 2.51. The third-order valence-electron chi connectivity index (χ3n) is 10.8. The zero-order valence-corrected chi connectivity index (χ0v) is 28.8. The molecular weight excluding hydrogens is 618 g/mol. The van der Waals surface area contributed by atoms with Crippen LogP contribution in [0.25, 0.3) is 0 Å². The van der Waals surface area contributed by atoms with E-state index in [1.54, 1.807) is 16.0 Å². The van der Waals surface area contributed by atoms with Crippen LogP contribution in [0.4, 0.5) is 16.3 Å². The molecule has 2 aliphatic heterocycles. The van der Waals surface area contributed by atoms with Gasteiger partial charge in [-0.05, 0) is 106 Å². The predicted molar refractivity (Wildman–Crippen MR) is 186 cm³/mol. The van der Waals surface area contributed by atoms with Crippen molar-refractivity contribution in [2.45, 2.75) is 89.7 Å². The molecule has 4 amide bonds. The van der Waals surface area contributed by atoms with E-state index in [1.807, 2.05) is 70.2 Å². The molecule has 2 aromatic carbocycles. The lowest BCUT2D eigenvalue weighted by molar-refractivity contribution is -0.149. The minimum atomic E-state index is -0.736. The van der Waals surface area contributed by atoms with Gasteiger partial charge >= 0.3 is 6.09 Å². The Balaban J connectivity index is 1.10. The standard InChI is InChI=1S/C39H45N5O5/c1-37(2,3)49-36(48)43-19-16-38(4,17-20-43)35(47)44(31-13-7-10-25-9-5-6-11-29(25)31)24-32(45)41-28-15-14-26-22-39(23-27(26)21-28)30-12-8-18-40-33(30)42-34(39)46/h5-6,8-9,11-12,14-15,18,21,31H,7,10,13,16-17,19-20,22-24H2,1-4H3,(H,41,45)(H,40,42,46). The van der Waals surface area contributed by atoms with Gasteiger partial charge in [0.05, 0.1) is 11.5 Å². The summed E-state index contributed by atoms with van der Waals surface area (Å²) in [7, 11) is 0. The molecule has 256 valence electrons. The van der Waals surface area contributed by atoms with Crippen molar-refractivity contribution in [1.82, 2.24) is 14.8 Å². The molecule has 2 aliphatic carbocycles. The lowest BCUT2D eigenvalue weighted by Gasteiger charge is -2.44. The summed E-state index contributed by atoms with van der Waals surface area (Å²) in [5.74, 6) is 0.234. The second kappa shape index (κ2) is 12.3. The van der Waals surface area contributed by atoms with Crippen LogP contribution < -0.4 is 10.6 Å². The zero-order chi connectivity index (χ0) is 34.6. The summed E-state index contributed by atoms with van der Waals surface area (Å²) in [6, 6.07) is 17.6. The molecule has 2 atom stereocenters. The number of aryl methyl sites for hydroxylation is 1. The number of benzene rings is 2. The molecular formula is C39H45N5O5. The third-order valence-corrected chi connectivity index (χ3v) is 10.8. The largest absolute Gasteiger partial charge is 0.444 e. The third kappa shape index (κ3) is 6.17. The summed E-state index contributed by atoms with van der Waals surface area (Å²) in [5, 5.41) is 6.02. The average Bonchev–Trinajstić information content (AvgIpc) is 3.59. The van der Waals surface area contributed by atoms with E-state index in [0.29, 0.717) is 50.3 Å². The van der Waals surface area contributed by atoms with Gasteiger partial charge in [0.1, 0.15) is 18.0 Å². The number of hydrogen-bond acceptors (Lipinski definition) is 6. The number of likely N-dealkylation sites (tertiary alicyclic amines) is 1. The van der Waals surface area contributed by atoms with Crippen LogP contribution in [0.2, 0.25) is 0 Å². The van der Waals surface area contributed by atoms with Crippen molar-refractivity contribution in [3.63, 3.8) is 0 Å². The summed E-state index contributed by atoms with van der Waals surface area (Å²) in [5.41, 5.74) is 3.92. The van der Waals surface area contributed by atoms with Crippen molar-refractivity contribution in [2.75, 3.05) is 30.3 Å². The Morgan fingerprint density at radius 2 is 1.78 bits per heavy atom. The first kappa shape index (κ1) is 32.8. The number of aromatic nitrogens is 1. The maximum Gasteiger partial charge on any atom is 0.410 e. The van der Waals surface area contributed by atoms with Crippen LogP contribution in [-0.4, -0.2) is 63.8 Å². The fraction of sp³-hybridized carbons (Fsp3) is 0.462. The van der Waals surface area contributed by atoms with E-state index in [4.69, 9.17) is 4.74 Å². The van der Waals surface area contributed by atoms with Crippen LogP contribution in [0.1, 0.15) is 87.2 Å². The Kier molecular flexibility index (Phi) is 8.24. The molecule has 1 aromatic heterocycles. The van der Waals surface area contributed by atoms with E-state index in [2.05, 4.69) is 27.8 Å². The van der Waals surface area contributed by atoms with Crippen LogP contribution in [0.15, 0.2) is 60.8 Å². The first-order chi connectivity index (χ1) is 23.3. The SMILES string of the molecule is CC(C)(C)OC(=O)N1CCC(C)(C(=O)N(CC(=O)Nc2ccc3c(c2)CC2(C3)C(=O)Nc3ncccc32)C2CCCc3ccccc32)CC1. The molecule has 3 heterocycles. The monoisotopic (exact) mass is 663 g/mol. The molecule has 3 aromatic rings. The Morgan fingerprint density at radius 3 is 2.55 bits per heavy atom. The number of carbonyl (C=O) groups is 4. The molecule has 2 N–H and O–H groups in total. The van der Waals surface area contributed by atoms with Gasteiger partial charge in [0.2, 0.25) is 17.7 Å². The fourth-order valence-electron chi connectivity index (χ4n) is 8.15. The van der Waals surface area contributed by atoms with E-state index in [-0.39, 0.29) is 36.4 Å². The average molecular weight is 664 g/mol. The first-order valence-electron chi connectivity index (χ1n) is 17.4. The maximum atomic E-state index is 14.6. The quantitative estimate of drug-likeness (QED) is 0.348. The Bertz CT molecular complexity index is 1820. The molecule has 0 saturated carbocycles. The van der Waals surface area contributed by atoms with Crippen LogP contribution in [0.3, 0.4) is 0 Å². The van der Waals surface area contributed by atoms with Gasteiger partial charge in [-0.15, -0.1) is 0 Å². The van der Waals surface area contributed by atoms with E-state index in [1.165, 1.54) is 5.56 Å². The molecule has 10 nitrogen and oxygen atoms in total. The van der Waals surface area contributed by atoms with Crippen molar-refractivity contribution in [3.05, 3.63) is 88.6 Å². The zero-order valence-electron chi connectivity index (χ0n) is 28.8. The lowest BCUT2D eigenvalue weighted by Crippen LogP contribution is -2.53. The van der Waals surface area contributed by atoms with Gasteiger partial charge in [-0.3, -0.25) is 14.4 Å². The molecule has 0 radical (unpaired) electrons. The van der Waals surface area contributed by atoms with E-state index in [0.717, 1.165) is 41.5 Å². The second-order valence-corrected chi connectivity index (χ2v) is 15.4. The summed E-state index contributed by atoms with van der Waals surface area (Å²) < 4.78 is 5.59. The number of amides is 4. The number of fused-ring (bicyclic) bond motifs is 4. The van der Waals surface area contributed by atoms with E-state index in [9.17, 15) is 19.2 Å². The fourth-order valence-corrected chi connectivity index (χ4v) is 8.15. The van der Waals surface area contributed by atoms with E-state index < -0.39 is 16.4 Å². The number of ether oxygens (including phenoxy) is 1. The highest BCUT2D eigenvalue weighted by Crippen LogP contribution is 2.47. The van der Waals surface area contributed by atoms with Crippen molar-refractivity contribution in [2.24, 2.45) is 5.41 Å². The van der Waals surface area contributed by atoms with Crippen molar-refractivity contribution < 1.29 is 23.9 Å². The van der Waals surface area contributed by atoms with Crippen molar-refractivity contribution >= 4 is 35.3 Å². The van der Waals surface area contributed by atoms with Gasteiger partial charge in [-0.1, -0.05) is 43.3 Å². The van der Waals surface area contributed by atoms with Gasteiger partial charge in [0.15, 0.2) is 0 Å². The molecule has 0 bridgehead atoms. The number of carbonyl (C=O) groups excluding carboxylic acids is 4. The summed E-state index contributed by atoms with van der Waals surface area (Å²) in [4.78, 5) is 62.3. The highest BCUT2D eigenvalue weighted by atomic mass is 16.6. The number of nitrogens with zero attached hydrogens (tertiary/aromatic N) is 3. The summed E-state index contributed by atoms with van der Waals surface area (Å²) in [6.07, 6.45) is 6.03. The van der Waals surface area contributed by atoms with Crippen molar-refractivity contribution in [1.29, 1.82) is 0 Å². The topological polar surface area (TPSA) is 121 Å². The van der Waals surface area contributed by atoms with Crippen LogP contribution >= 0.6 is 0 Å². The highest BCUT2D eigenvalue weighted by molar-refractivity contribution is 6.06. The molecule has 1 fully saturated rings. The Hall–Kier alpha value is -4.73. The van der Waals surface area contributed by atoms with Crippen LogP contribution in [0, 0.1) is 5.41 Å². The smallest absolute Gasteiger partial charge is 0.410 e. The number of hydrogen-bond donors (Lipinski definition) is 2. The molecule has 1 spiro atoms. The van der Waals surface area contributed by atoms with E-state index >= 15 is 0 Å². The Morgan fingerprint density at radius 1 is 1.02 bits per heavy atom.